The highest BCUT2D eigenvalue weighted by molar-refractivity contribution is 5.92. The molecule has 0 saturated heterocycles. The molecule has 0 saturated carbocycles. The molecule has 2 atom stereocenters. The second-order valence-corrected chi connectivity index (χ2v) is 5.67. The lowest BCUT2D eigenvalue weighted by atomic mass is 10.00. The van der Waals surface area contributed by atoms with Crippen LogP contribution in [0.15, 0.2) is 29.3 Å². The zero-order chi connectivity index (χ0) is 16.5. The molecule has 0 spiro atoms. The van der Waals surface area contributed by atoms with E-state index < -0.39 is 11.9 Å². The monoisotopic (exact) mass is 300 g/mol. The summed E-state index contributed by atoms with van der Waals surface area (Å²) in [5.41, 5.74) is 2.36. The van der Waals surface area contributed by atoms with Gasteiger partial charge in [-0.3, -0.25) is 9.79 Å². The average molecular weight is 300 g/mol. The Bertz CT molecular complexity index is 541. The number of esters is 1. The van der Waals surface area contributed by atoms with Crippen molar-refractivity contribution in [1.82, 2.24) is 0 Å². The molecular formula is C18H24N2O2. The van der Waals surface area contributed by atoms with Gasteiger partial charge in [0, 0.05) is 6.21 Å². The third kappa shape index (κ3) is 5.69. The van der Waals surface area contributed by atoms with E-state index in [1.165, 1.54) is 11.8 Å². The number of hydrogen-bond donors (Lipinski definition) is 0. The van der Waals surface area contributed by atoms with Crippen LogP contribution in [0.3, 0.4) is 0 Å². The Morgan fingerprint density at radius 3 is 2.45 bits per heavy atom. The van der Waals surface area contributed by atoms with Crippen molar-refractivity contribution < 1.29 is 9.53 Å². The van der Waals surface area contributed by atoms with E-state index in [1.54, 1.807) is 6.92 Å². The predicted molar refractivity (Wildman–Crippen MR) is 87.6 cm³/mol. The van der Waals surface area contributed by atoms with Gasteiger partial charge in [0.1, 0.15) is 0 Å². The highest BCUT2D eigenvalue weighted by atomic mass is 16.5. The van der Waals surface area contributed by atoms with Gasteiger partial charge in [0.25, 0.3) is 0 Å². The third-order valence-electron chi connectivity index (χ3n) is 3.24. The Balaban J connectivity index is 2.71. The van der Waals surface area contributed by atoms with Crippen LogP contribution in [0.5, 0.6) is 0 Å². The Kier molecular flexibility index (Phi) is 7.31. The van der Waals surface area contributed by atoms with Gasteiger partial charge in [-0.1, -0.05) is 38.1 Å². The summed E-state index contributed by atoms with van der Waals surface area (Å²) in [6.07, 6.45) is 2.43. The van der Waals surface area contributed by atoms with Gasteiger partial charge in [0.15, 0.2) is 5.92 Å². The van der Waals surface area contributed by atoms with Crippen LogP contribution in [0.4, 0.5) is 0 Å². The molecule has 1 aromatic rings. The maximum absolute atomic E-state index is 11.5. The zero-order valence-corrected chi connectivity index (χ0v) is 13.7. The number of benzene rings is 1. The molecular weight excluding hydrogens is 276 g/mol. The lowest BCUT2D eigenvalue weighted by Gasteiger charge is -2.10. The summed E-state index contributed by atoms with van der Waals surface area (Å²) in [6, 6.07) is 10.1. The zero-order valence-electron chi connectivity index (χ0n) is 13.7. The Morgan fingerprint density at radius 2 is 1.95 bits per heavy atom. The fraction of sp³-hybridized carbons (Fsp3) is 0.500. The summed E-state index contributed by atoms with van der Waals surface area (Å²) in [7, 11) is 0. The fourth-order valence-corrected chi connectivity index (χ4v) is 2.08. The first-order valence-corrected chi connectivity index (χ1v) is 7.66. The van der Waals surface area contributed by atoms with Gasteiger partial charge >= 0.3 is 5.97 Å². The van der Waals surface area contributed by atoms with Crippen molar-refractivity contribution in [3.05, 3.63) is 35.4 Å². The molecule has 0 N–H and O–H groups in total. The van der Waals surface area contributed by atoms with Crippen molar-refractivity contribution in [2.45, 2.75) is 40.2 Å². The van der Waals surface area contributed by atoms with Crippen LogP contribution in [0.2, 0.25) is 0 Å². The molecule has 4 nitrogen and oxygen atoms in total. The van der Waals surface area contributed by atoms with Crippen molar-refractivity contribution in [1.29, 1.82) is 5.26 Å². The van der Waals surface area contributed by atoms with Gasteiger partial charge in [-0.2, -0.15) is 5.26 Å². The summed E-state index contributed by atoms with van der Waals surface area (Å²) in [6.45, 7) is 8.30. The number of ether oxygens (including phenoxy) is 1. The van der Waals surface area contributed by atoms with Crippen LogP contribution >= 0.6 is 0 Å². The number of aliphatic imine (C=N–C) groups is 1. The van der Waals surface area contributed by atoms with Crippen LogP contribution in [0.25, 0.3) is 0 Å². The number of nitriles is 1. The Hall–Kier alpha value is -2.15. The normalized spacial score (nSPS) is 13.8. The van der Waals surface area contributed by atoms with E-state index in [2.05, 4.69) is 31.0 Å². The predicted octanol–water partition coefficient (Wildman–Crippen LogP) is 3.72. The van der Waals surface area contributed by atoms with Gasteiger partial charge in [0.2, 0.25) is 0 Å². The second kappa shape index (κ2) is 8.99. The van der Waals surface area contributed by atoms with Crippen molar-refractivity contribution in [3.63, 3.8) is 0 Å². The molecule has 0 fully saturated rings. The largest absolute Gasteiger partial charge is 0.465 e. The molecule has 0 aliphatic carbocycles. The molecule has 0 unspecified atom stereocenters. The fourth-order valence-electron chi connectivity index (χ4n) is 2.08. The minimum absolute atomic E-state index is 0.0987. The topological polar surface area (TPSA) is 62.5 Å². The molecule has 0 aromatic heterocycles. The summed E-state index contributed by atoms with van der Waals surface area (Å²) in [5, 5.41) is 8.98. The van der Waals surface area contributed by atoms with Gasteiger partial charge in [0.05, 0.1) is 18.7 Å². The average Bonchev–Trinajstić information content (AvgIpc) is 2.48. The molecule has 118 valence electrons. The summed E-state index contributed by atoms with van der Waals surface area (Å²) in [4.78, 5) is 15.8. The Morgan fingerprint density at radius 1 is 1.32 bits per heavy atom. The lowest BCUT2D eigenvalue weighted by molar-refractivity contribution is -0.143. The maximum Gasteiger partial charge on any atom is 0.328 e. The van der Waals surface area contributed by atoms with Crippen LogP contribution < -0.4 is 0 Å². The van der Waals surface area contributed by atoms with Crippen molar-refractivity contribution in [3.8, 4) is 6.07 Å². The minimum Gasteiger partial charge on any atom is -0.465 e. The van der Waals surface area contributed by atoms with E-state index in [4.69, 9.17) is 10.00 Å². The molecule has 0 aliphatic rings. The van der Waals surface area contributed by atoms with E-state index in [0.29, 0.717) is 5.92 Å². The molecule has 22 heavy (non-hydrogen) atoms. The SMILES string of the molecule is CCOC(=O)[C@H](C#N)C=N[C@@H](C)c1ccc(CC(C)C)cc1. The van der Waals surface area contributed by atoms with Crippen molar-refractivity contribution in [2.75, 3.05) is 6.61 Å². The standard InChI is InChI=1S/C18H24N2O2/c1-5-22-18(21)17(11-19)12-20-14(4)16-8-6-15(7-9-16)10-13(2)3/h6-9,12-14,17H,5,10H2,1-4H3/t14-,17+/m0/s1. The van der Waals surface area contributed by atoms with Crippen LogP contribution in [0, 0.1) is 23.2 Å². The summed E-state index contributed by atoms with van der Waals surface area (Å²) < 4.78 is 4.83. The van der Waals surface area contributed by atoms with E-state index in [1.807, 2.05) is 25.1 Å². The summed E-state index contributed by atoms with van der Waals surface area (Å²) >= 11 is 0. The Labute approximate surface area is 132 Å². The van der Waals surface area contributed by atoms with Crippen molar-refractivity contribution >= 4 is 12.2 Å². The molecule has 0 amide bonds. The van der Waals surface area contributed by atoms with Crippen LogP contribution in [-0.2, 0) is 16.0 Å². The number of rotatable bonds is 7. The van der Waals surface area contributed by atoms with E-state index >= 15 is 0 Å². The molecule has 4 heteroatoms. The molecule has 0 heterocycles. The molecule has 0 bridgehead atoms. The first-order valence-electron chi connectivity index (χ1n) is 7.66. The quantitative estimate of drug-likeness (QED) is 0.569. The van der Waals surface area contributed by atoms with Gasteiger partial charge in [-0.15, -0.1) is 0 Å². The van der Waals surface area contributed by atoms with E-state index in [9.17, 15) is 4.79 Å². The number of nitrogens with zero attached hydrogens (tertiary/aromatic N) is 2. The van der Waals surface area contributed by atoms with Gasteiger partial charge in [-0.25, -0.2) is 0 Å². The third-order valence-corrected chi connectivity index (χ3v) is 3.24. The van der Waals surface area contributed by atoms with Gasteiger partial charge < -0.3 is 4.74 Å². The number of hydrogen-bond acceptors (Lipinski definition) is 4. The number of carbonyl (C=O) groups is 1. The van der Waals surface area contributed by atoms with E-state index in [0.717, 1.165) is 12.0 Å². The van der Waals surface area contributed by atoms with Crippen molar-refractivity contribution in [2.24, 2.45) is 16.8 Å². The maximum atomic E-state index is 11.5. The first-order chi connectivity index (χ1) is 10.5. The summed E-state index contributed by atoms with van der Waals surface area (Å²) in [5.74, 6) is -0.863. The molecule has 0 radical (unpaired) electrons. The molecule has 0 aliphatic heterocycles. The van der Waals surface area contributed by atoms with Crippen LogP contribution in [-0.4, -0.2) is 18.8 Å². The first kappa shape index (κ1) is 17.9. The second-order valence-electron chi connectivity index (χ2n) is 5.67. The minimum atomic E-state index is -0.942. The molecule has 1 aromatic carbocycles. The van der Waals surface area contributed by atoms with Gasteiger partial charge in [-0.05, 0) is 37.3 Å². The lowest BCUT2D eigenvalue weighted by Crippen LogP contribution is -2.17. The highest BCUT2D eigenvalue weighted by Crippen LogP contribution is 2.18. The van der Waals surface area contributed by atoms with E-state index in [-0.39, 0.29) is 12.6 Å². The molecule has 1 rings (SSSR count). The smallest absolute Gasteiger partial charge is 0.328 e. The van der Waals surface area contributed by atoms with Crippen LogP contribution in [0.1, 0.15) is 44.9 Å². The number of carbonyl (C=O) groups excluding carboxylic acids is 1. The highest BCUT2D eigenvalue weighted by Gasteiger charge is 2.16.